The third-order valence-electron chi connectivity index (χ3n) is 4.15. The first-order valence-corrected chi connectivity index (χ1v) is 10.2. The fraction of sp³-hybridized carbons (Fsp3) is 0.357. The van der Waals surface area contributed by atoms with Crippen LogP contribution in [0.5, 0.6) is 5.75 Å². The maximum absolute atomic E-state index is 5.54. The fourth-order valence-corrected chi connectivity index (χ4v) is 2.71. The minimum atomic E-state index is 0.321. The lowest BCUT2D eigenvalue weighted by atomic mass is 10.00. The van der Waals surface area contributed by atoms with E-state index in [9.17, 15) is 0 Å². The van der Waals surface area contributed by atoms with Gasteiger partial charge in [0, 0.05) is 34.1 Å². The maximum Gasteiger partial charge on any atom is 0.123 e. The molecule has 0 aliphatic rings. The van der Waals surface area contributed by atoms with E-state index in [1.165, 1.54) is 5.56 Å². The Hall–Kier alpha value is -3.08. The zero-order valence-electron chi connectivity index (χ0n) is 18.6. The molecule has 2 rings (SSSR count). The van der Waals surface area contributed by atoms with Crippen molar-refractivity contribution in [1.29, 1.82) is 0 Å². The Morgan fingerprint density at radius 3 is 1.55 bits per heavy atom. The van der Waals surface area contributed by atoms with E-state index >= 15 is 0 Å². The summed E-state index contributed by atoms with van der Waals surface area (Å²) in [5.74, 6) is 21.4. The van der Waals surface area contributed by atoms with Crippen LogP contribution < -0.4 is 4.74 Å². The average Bonchev–Trinajstić information content (AvgIpc) is 2.68. The third kappa shape index (κ3) is 7.11. The van der Waals surface area contributed by atoms with Crippen molar-refractivity contribution in [3.8, 4) is 41.3 Å². The first kappa shape index (κ1) is 22.2. The van der Waals surface area contributed by atoms with Gasteiger partial charge in [-0.2, -0.15) is 0 Å². The second-order valence-electron chi connectivity index (χ2n) is 8.01. The lowest BCUT2D eigenvalue weighted by molar-refractivity contribution is 0.407. The Balaban J connectivity index is 2.45. The molecule has 2 aromatic carbocycles. The van der Waals surface area contributed by atoms with Crippen LogP contribution >= 0.6 is 0 Å². The van der Waals surface area contributed by atoms with Crippen molar-refractivity contribution < 1.29 is 4.74 Å². The van der Waals surface area contributed by atoms with Crippen LogP contribution in [0.4, 0.5) is 0 Å². The summed E-state index contributed by atoms with van der Waals surface area (Å²) < 4.78 is 5.54. The summed E-state index contributed by atoms with van der Waals surface area (Å²) in [6.45, 7) is 12.7. The van der Waals surface area contributed by atoms with Crippen molar-refractivity contribution >= 4 is 0 Å². The van der Waals surface area contributed by atoms with Crippen molar-refractivity contribution in [3.05, 3.63) is 64.2 Å². The Morgan fingerprint density at radius 1 is 0.621 bits per heavy atom. The average molecular weight is 383 g/mol. The molecule has 29 heavy (non-hydrogen) atoms. The molecule has 0 aromatic heterocycles. The van der Waals surface area contributed by atoms with Gasteiger partial charge in [0.05, 0.1) is 7.11 Å². The largest absolute Gasteiger partial charge is 0.496 e. The van der Waals surface area contributed by atoms with Crippen LogP contribution in [0.2, 0.25) is 0 Å². The molecule has 0 aliphatic carbocycles. The summed E-state index contributed by atoms with van der Waals surface area (Å²) in [5.41, 5.74) is 4.94. The zero-order valence-corrected chi connectivity index (χ0v) is 18.6. The molecule has 0 aliphatic heterocycles. The SMILES string of the molecule is COc1cc(C#Cc2cc(C#CC(C)C)cc(C#CC(C)C)c2)ccc1C(C)C. The molecule has 0 atom stereocenters. The molecular weight excluding hydrogens is 352 g/mol. The molecule has 0 unspecified atom stereocenters. The van der Waals surface area contributed by atoms with Crippen LogP contribution in [0.25, 0.3) is 0 Å². The first-order valence-electron chi connectivity index (χ1n) is 10.2. The topological polar surface area (TPSA) is 9.23 Å². The number of hydrogen-bond donors (Lipinski definition) is 0. The van der Waals surface area contributed by atoms with E-state index in [2.05, 4.69) is 83.1 Å². The molecule has 0 bridgehead atoms. The Morgan fingerprint density at radius 2 is 1.10 bits per heavy atom. The van der Waals surface area contributed by atoms with E-state index < -0.39 is 0 Å². The number of benzene rings is 2. The van der Waals surface area contributed by atoms with Crippen LogP contribution in [0.15, 0.2) is 36.4 Å². The molecule has 0 amide bonds. The van der Waals surface area contributed by atoms with Gasteiger partial charge in [-0.15, -0.1) is 0 Å². The normalized spacial score (nSPS) is 10.0. The number of rotatable bonds is 2. The monoisotopic (exact) mass is 382 g/mol. The molecular formula is C28H30O. The van der Waals surface area contributed by atoms with Crippen LogP contribution in [0, 0.1) is 47.4 Å². The molecule has 0 spiro atoms. The summed E-state index contributed by atoms with van der Waals surface area (Å²) in [7, 11) is 1.70. The third-order valence-corrected chi connectivity index (χ3v) is 4.15. The van der Waals surface area contributed by atoms with Gasteiger partial charge in [-0.05, 0) is 41.8 Å². The van der Waals surface area contributed by atoms with E-state index in [0.717, 1.165) is 28.0 Å². The highest BCUT2D eigenvalue weighted by Gasteiger charge is 2.07. The van der Waals surface area contributed by atoms with Gasteiger partial charge in [-0.3, -0.25) is 0 Å². The summed E-state index contributed by atoms with van der Waals surface area (Å²) in [5, 5.41) is 0. The molecule has 0 fully saturated rings. The number of ether oxygens (including phenoxy) is 1. The first-order chi connectivity index (χ1) is 13.8. The second-order valence-corrected chi connectivity index (χ2v) is 8.01. The van der Waals surface area contributed by atoms with Gasteiger partial charge in [-0.25, -0.2) is 0 Å². The van der Waals surface area contributed by atoms with Crippen molar-refractivity contribution in [2.24, 2.45) is 11.8 Å². The predicted octanol–water partition coefficient (Wildman–Crippen LogP) is 6.23. The fourth-order valence-electron chi connectivity index (χ4n) is 2.71. The van der Waals surface area contributed by atoms with Crippen LogP contribution in [-0.4, -0.2) is 7.11 Å². The Kier molecular flexibility index (Phi) is 8.01. The highest BCUT2D eigenvalue weighted by molar-refractivity contribution is 5.54. The molecule has 2 aromatic rings. The van der Waals surface area contributed by atoms with E-state index in [1.54, 1.807) is 7.11 Å². The van der Waals surface area contributed by atoms with Gasteiger partial charge in [-0.1, -0.05) is 83.1 Å². The van der Waals surface area contributed by atoms with Gasteiger partial charge in [0.15, 0.2) is 0 Å². The van der Waals surface area contributed by atoms with E-state index in [1.807, 2.05) is 30.3 Å². The number of methoxy groups -OCH3 is 1. The van der Waals surface area contributed by atoms with Crippen molar-refractivity contribution in [2.75, 3.05) is 7.11 Å². The smallest absolute Gasteiger partial charge is 0.123 e. The maximum atomic E-state index is 5.54. The van der Waals surface area contributed by atoms with E-state index in [4.69, 9.17) is 4.74 Å². The van der Waals surface area contributed by atoms with Crippen LogP contribution in [0.3, 0.4) is 0 Å². The van der Waals surface area contributed by atoms with Gasteiger partial charge >= 0.3 is 0 Å². The minimum absolute atomic E-state index is 0.321. The van der Waals surface area contributed by atoms with Crippen molar-refractivity contribution in [2.45, 2.75) is 47.5 Å². The summed E-state index contributed by atoms with van der Waals surface area (Å²) in [6.07, 6.45) is 0. The Labute approximate surface area is 176 Å². The summed E-state index contributed by atoms with van der Waals surface area (Å²) in [4.78, 5) is 0. The lowest BCUT2D eigenvalue weighted by Crippen LogP contribution is -1.94. The van der Waals surface area contributed by atoms with Gasteiger partial charge in [0.25, 0.3) is 0 Å². The molecule has 0 heterocycles. The molecule has 148 valence electrons. The highest BCUT2D eigenvalue weighted by atomic mass is 16.5. The minimum Gasteiger partial charge on any atom is -0.496 e. The van der Waals surface area contributed by atoms with Gasteiger partial charge in [0.2, 0.25) is 0 Å². The zero-order chi connectivity index (χ0) is 21.4. The summed E-state index contributed by atoms with van der Waals surface area (Å²) >= 11 is 0. The highest BCUT2D eigenvalue weighted by Crippen LogP contribution is 2.27. The van der Waals surface area contributed by atoms with Crippen LogP contribution in [0.1, 0.15) is 75.3 Å². The quantitative estimate of drug-likeness (QED) is 0.559. The number of hydrogen-bond acceptors (Lipinski definition) is 1. The molecule has 0 saturated heterocycles. The van der Waals surface area contributed by atoms with E-state index in [0.29, 0.717) is 17.8 Å². The lowest BCUT2D eigenvalue weighted by Gasteiger charge is -2.11. The molecule has 0 radical (unpaired) electrons. The molecule has 1 nitrogen and oxygen atoms in total. The van der Waals surface area contributed by atoms with Gasteiger partial charge in [0.1, 0.15) is 5.75 Å². The van der Waals surface area contributed by atoms with E-state index in [-0.39, 0.29) is 0 Å². The molecule has 0 N–H and O–H groups in total. The molecule has 0 saturated carbocycles. The van der Waals surface area contributed by atoms with Crippen molar-refractivity contribution in [1.82, 2.24) is 0 Å². The second kappa shape index (κ2) is 10.5. The van der Waals surface area contributed by atoms with Gasteiger partial charge < -0.3 is 4.74 Å². The predicted molar refractivity (Wildman–Crippen MR) is 123 cm³/mol. The van der Waals surface area contributed by atoms with Crippen LogP contribution in [-0.2, 0) is 0 Å². The van der Waals surface area contributed by atoms with Crippen molar-refractivity contribution in [3.63, 3.8) is 0 Å². The summed E-state index contributed by atoms with van der Waals surface area (Å²) in [6, 6.07) is 12.2. The standard InChI is InChI=1S/C28H30O/c1-20(2)8-10-24-16-25(11-9-21(3)4)18-26(17-24)13-12-23-14-15-27(22(5)6)28(19-23)29-7/h14-22H,1-7H3. The Bertz CT molecular complexity index is 991. The molecule has 1 heteroatoms.